The fraction of sp³-hybridized carbons (Fsp3) is 0.429. The van der Waals surface area contributed by atoms with Crippen LogP contribution >= 0.6 is 0 Å². The van der Waals surface area contributed by atoms with E-state index in [4.69, 9.17) is 4.74 Å². The van der Waals surface area contributed by atoms with Gasteiger partial charge in [0.25, 0.3) is 0 Å². The largest absolute Gasteiger partial charge is 0.381 e. The molecule has 0 spiro atoms. The van der Waals surface area contributed by atoms with E-state index in [-0.39, 0.29) is 5.78 Å². The summed E-state index contributed by atoms with van der Waals surface area (Å²) < 4.78 is 7.14. The maximum absolute atomic E-state index is 11.9. The van der Waals surface area contributed by atoms with Crippen molar-refractivity contribution in [1.29, 1.82) is 0 Å². The average Bonchev–Trinajstić information content (AvgIpc) is 2.72. The van der Waals surface area contributed by atoms with E-state index in [2.05, 4.69) is 5.10 Å². The van der Waals surface area contributed by atoms with Gasteiger partial charge in [-0.15, -0.1) is 0 Å². The van der Waals surface area contributed by atoms with Gasteiger partial charge < -0.3 is 4.74 Å². The second-order valence-electron chi connectivity index (χ2n) is 4.73. The van der Waals surface area contributed by atoms with Gasteiger partial charge in [0.05, 0.1) is 18.7 Å². The Labute approximate surface area is 106 Å². The highest BCUT2D eigenvalue weighted by Crippen LogP contribution is 2.22. The van der Waals surface area contributed by atoms with Gasteiger partial charge in [0.15, 0.2) is 5.78 Å². The van der Waals surface area contributed by atoms with Crippen molar-refractivity contribution in [2.75, 3.05) is 13.2 Å². The minimum Gasteiger partial charge on any atom is -0.381 e. The summed E-state index contributed by atoms with van der Waals surface area (Å²) in [5.41, 5.74) is 1.65. The molecule has 1 aliphatic heterocycles. The second-order valence-corrected chi connectivity index (χ2v) is 4.73. The molecule has 1 fully saturated rings. The monoisotopic (exact) mass is 244 g/mol. The van der Waals surface area contributed by atoms with Crippen molar-refractivity contribution >= 4 is 16.7 Å². The van der Waals surface area contributed by atoms with Crippen LogP contribution in [-0.2, 0) is 11.3 Å². The first-order chi connectivity index (χ1) is 8.79. The van der Waals surface area contributed by atoms with Crippen LogP contribution < -0.4 is 0 Å². The molecule has 1 saturated heterocycles. The number of para-hydroxylation sites is 1. The molecule has 0 unspecified atom stereocenters. The number of hydrogen-bond acceptors (Lipinski definition) is 3. The summed E-state index contributed by atoms with van der Waals surface area (Å²) >= 11 is 0. The van der Waals surface area contributed by atoms with Crippen molar-refractivity contribution in [2.45, 2.75) is 19.9 Å². The van der Waals surface area contributed by atoms with Gasteiger partial charge in [-0.3, -0.25) is 9.48 Å². The quantitative estimate of drug-likeness (QED) is 0.775. The molecular weight excluding hydrogens is 228 g/mol. The molecule has 4 heteroatoms. The predicted molar refractivity (Wildman–Crippen MR) is 68.7 cm³/mol. The molecule has 0 radical (unpaired) electrons. The third-order valence-electron chi connectivity index (χ3n) is 3.38. The molecule has 1 aromatic heterocycles. The lowest BCUT2D eigenvalue weighted by Crippen LogP contribution is -2.31. The van der Waals surface area contributed by atoms with Gasteiger partial charge in [0.2, 0.25) is 0 Å². The van der Waals surface area contributed by atoms with Crippen molar-refractivity contribution in [1.82, 2.24) is 9.78 Å². The van der Waals surface area contributed by atoms with Crippen LogP contribution in [0.2, 0.25) is 0 Å². The van der Waals surface area contributed by atoms with Crippen LogP contribution in [0.15, 0.2) is 24.3 Å². The summed E-state index contributed by atoms with van der Waals surface area (Å²) in [5, 5.41) is 5.46. The number of aromatic nitrogens is 2. The van der Waals surface area contributed by atoms with Crippen LogP contribution in [0, 0.1) is 5.92 Å². The lowest BCUT2D eigenvalue weighted by atomic mass is 10.1. The zero-order valence-corrected chi connectivity index (χ0v) is 10.4. The van der Waals surface area contributed by atoms with Gasteiger partial charge in [-0.1, -0.05) is 25.1 Å². The fourth-order valence-corrected chi connectivity index (χ4v) is 2.27. The first-order valence-electron chi connectivity index (χ1n) is 6.36. The molecule has 0 atom stereocenters. The van der Waals surface area contributed by atoms with Gasteiger partial charge in [-0.2, -0.15) is 5.10 Å². The molecule has 1 aromatic carbocycles. The van der Waals surface area contributed by atoms with Gasteiger partial charge in [-0.05, 0) is 6.07 Å². The summed E-state index contributed by atoms with van der Waals surface area (Å²) in [6.07, 6.45) is 0.494. The number of hydrogen-bond donors (Lipinski definition) is 0. The van der Waals surface area contributed by atoms with Crippen LogP contribution in [0.5, 0.6) is 0 Å². The Morgan fingerprint density at radius 1 is 1.44 bits per heavy atom. The van der Waals surface area contributed by atoms with E-state index in [1.807, 2.05) is 35.9 Å². The van der Waals surface area contributed by atoms with Crippen LogP contribution in [0.25, 0.3) is 10.9 Å². The number of Topliss-reactive ketones (excluding diaryl/α,β-unsaturated/α-hetero) is 1. The first-order valence-corrected chi connectivity index (χ1v) is 6.36. The molecule has 3 rings (SSSR count). The van der Waals surface area contributed by atoms with E-state index in [1.54, 1.807) is 0 Å². The standard InChI is InChI=1S/C14H16N2O2/c1-2-13(17)14-11-5-3-4-6-12(11)16(15-14)7-10-8-18-9-10/h3-6,10H,2,7-9H2,1H3. The molecule has 1 aliphatic rings. The predicted octanol–water partition coefficient (Wildman–Crippen LogP) is 2.28. The highest BCUT2D eigenvalue weighted by atomic mass is 16.5. The molecule has 0 saturated carbocycles. The van der Waals surface area contributed by atoms with E-state index in [0.29, 0.717) is 18.0 Å². The molecular formula is C14H16N2O2. The Morgan fingerprint density at radius 3 is 2.89 bits per heavy atom. The van der Waals surface area contributed by atoms with Gasteiger partial charge in [0, 0.05) is 24.3 Å². The van der Waals surface area contributed by atoms with E-state index < -0.39 is 0 Å². The first kappa shape index (κ1) is 11.4. The molecule has 0 bridgehead atoms. The van der Waals surface area contributed by atoms with Crippen LogP contribution in [0.3, 0.4) is 0 Å². The molecule has 4 nitrogen and oxygen atoms in total. The van der Waals surface area contributed by atoms with E-state index in [1.165, 1.54) is 0 Å². The summed E-state index contributed by atoms with van der Waals surface area (Å²) in [5.74, 6) is 0.632. The minimum absolute atomic E-state index is 0.106. The summed E-state index contributed by atoms with van der Waals surface area (Å²) in [6.45, 7) is 4.30. The number of nitrogens with zero attached hydrogens (tertiary/aromatic N) is 2. The van der Waals surface area contributed by atoms with Gasteiger partial charge in [0.1, 0.15) is 5.69 Å². The summed E-state index contributed by atoms with van der Waals surface area (Å²) in [6, 6.07) is 7.93. The van der Waals surface area contributed by atoms with Crippen molar-refractivity contribution in [3.63, 3.8) is 0 Å². The number of carbonyl (C=O) groups is 1. The number of fused-ring (bicyclic) bond motifs is 1. The topological polar surface area (TPSA) is 44.1 Å². The Bertz CT molecular complexity index is 584. The smallest absolute Gasteiger partial charge is 0.183 e. The zero-order chi connectivity index (χ0) is 12.5. The summed E-state index contributed by atoms with van der Waals surface area (Å²) in [4.78, 5) is 11.9. The Kier molecular flexibility index (Phi) is 2.88. The number of rotatable bonds is 4. The third kappa shape index (κ3) is 1.82. The molecule has 0 aliphatic carbocycles. The number of benzene rings is 1. The van der Waals surface area contributed by atoms with Crippen LogP contribution in [0.1, 0.15) is 23.8 Å². The zero-order valence-electron chi connectivity index (χ0n) is 10.4. The highest BCUT2D eigenvalue weighted by molar-refractivity contribution is 6.05. The lowest BCUT2D eigenvalue weighted by Gasteiger charge is -2.25. The minimum atomic E-state index is 0.106. The fourth-order valence-electron chi connectivity index (χ4n) is 2.27. The molecule has 0 amide bonds. The van der Waals surface area contributed by atoms with E-state index >= 15 is 0 Å². The number of ketones is 1. The van der Waals surface area contributed by atoms with E-state index in [0.717, 1.165) is 30.7 Å². The van der Waals surface area contributed by atoms with Gasteiger partial charge >= 0.3 is 0 Å². The van der Waals surface area contributed by atoms with Crippen molar-refractivity contribution in [3.8, 4) is 0 Å². The van der Waals surface area contributed by atoms with Crippen LogP contribution in [-0.4, -0.2) is 28.8 Å². The van der Waals surface area contributed by atoms with Crippen molar-refractivity contribution < 1.29 is 9.53 Å². The second kappa shape index (κ2) is 4.53. The number of ether oxygens (including phenoxy) is 1. The molecule has 94 valence electrons. The normalized spacial score (nSPS) is 15.8. The molecule has 2 heterocycles. The van der Waals surface area contributed by atoms with E-state index in [9.17, 15) is 4.79 Å². The number of carbonyl (C=O) groups excluding carboxylic acids is 1. The average molecular weight is 244 g/mol. The molecule has 0 N–H and O–H groups in total. The Hall–Kier alpha value is -1.68. The summed E-state index contributed by atoms with van der Waals surface area (Å²) in [7, 11) is 0. The lowest BCUT2D eigenvalue weighted by molar-refractivity contribution is -0.0403. The SMILES string of the molecule is CCC(=O)c1nn(CC2COC2)c2ccccc12. The maximum Gasteiger partial charge on any atom is 0.183 e. The molecule has 18 heavy (non-hydrogen) atoms. The van der Waals surface area contributed by atoms with Gasteiger partial charge in [-0.25, -0.2) is 0 Å². The Balaban J connectivity index is 2.04. The maximum atomic E-state index is 11.9. The van der Waals surface area contributed by atoms with Crippen LogP contribution in [0.4, 0.5) is 0 Å². The van der Waals surface area contributed by atoms with Crippen molar-refractivity contribution in [3.05, 3.63) is 30.0 Å². The van der Waals surface area contributed by atoms with Crippen molar-refractivity contribution in [2.24, 2.45) is 5.92 Å². The molecule has 2 aromatic rings. The third-order valence-corrected chi connectivity index (χ3v) is 3.38. The highest BCUT2D eigenvalue weighted by Gasteiger charge is 2.22. The Morgan fingerprint density at radius 2 is 2.22 bits per heavy atom.